The second-order valence-corrected chi connectivity index (χ2v) is 12.5. The molecule has 5 aromatic heterocycles. The van der Waals surface area contributed by atoms with Crippen LogP contribution in [0.4, 0.5) is 5.82 Å². The number of carbonyl (C=O) groups is 1. The molecule has 0 atom stereocenters. The van der Waals surface area contributed by atoms with Gasteiger partial charge in [-0.05, 0) is 56.6 Å². The van der Waals surface area contributed by atoms with Crippen LogP contribution in [0.5, 0.6) is 5.75 Å². The Morgan fingerprint density at radius 2 is 1.85 bits per heavy atom. The van der Waals surface area contributed by atoms with E-state index in [1.165, 1.54) is 0 Å². The Bertz CT molecular complexity index is 1820. The molecule has 0 saturated carbocycles. The number of anilines is 1. The molecule has 7 rings (SSSR count). The van der Waals surface area contributed by atoms with Gasteiger partial charge in [0.05, 0.1) is 40.5 Å². The lowest BCUT2D eigenvalue weighted by molar-refractivity contribution is 0.0727. The number of rotatable bonds is 9. The number of ether oxygens (including phenoxy) is 1. The summed E-state index contributed by atoms with van der Waals surface area (Å²) < 4.78 is 7.70. The number of piperidine rings is 1. The highest BCUT2D eigenvalue weighted by atomic mass is 35.5. The van der Waals surface area contributed by atoms with Gasteiger partial charge in [0.15, 0.2) is 5.65 Å². The van der Waals surface area contributed by atoms with E-state index >= 15 is 0 Å². The van der Waals surface area contributed by atoms with E-state index in [4.69, 9.17) is 21.3 Å². The number of amides is 1. The molecule has 2 aliphatic heterocycles. The number of aromatic nitrogens is 6. The second-order valence-electron chi connectivity index (χ2n) is 12.1. The topological polar surface area (TPSA) is 120 Å². The molecule has 240 valence electrons. The third-order valence-corrected chi connectivity index (χ3v) is 9.61. The maximum Gasteiger partial charge on any atom is 0.271 e. The number of carbonyl (C=O) groups excluding carboxylic acids is 1. The first-order valence-electron chi connectivity index (χ1n) is 16.0. The van der Waals surface area contributed by atoms with E-state index in [9.17, 15) is 4.79 Å². The molecule has 7 heterocycles. The fourth-order valence-corrected chi connectivity index (χ4v) is 6.98. The Kier molecular flexibility index (Phi) is 8.50. The fourth-order valence-electron chi connectivity index (χ4n) is 6.77. The van der Waals surface area contributed by atoms with Crippen molar-refractivity contribution in [2.24, 2.45) is 0 Å². The Labute approximate surface area is 272 Å². The number of halogens is 1. The molecular formula is C33H39ClN10O2. The maximum absolute atomic E-state index is 13.5. The van der Waals surface area contributed by atoms with Gasteiger partial charge in [-0.25, -0.2) is 14.5 Å². The van der Waals surface area contributed by atoms with Gasteiger partial charge in [0.2, 0.25) is 0 Å². The first-order valence-corrected chi connectivity index (χ1v) is 16.4. The van der Waals surface area contributed by atoms with Crippen molar-refractivity contribution in [1.82, 2.24) is 44.9 Å². The van der Waals surface area contributed by atoms with Gasteiger partial charge >= 0.3 is 0 Å². The number of likely N-dealkylation sites (N-methyl/N-ethyl adjacent to an activating group) is 1. The molecule has 2 aliphatic rings. The molecule has 2 N–H and O–H groups in total. The van der Waals surface area contributed by atoms with Gasteiger partial charge in [0, 0.05) is 69.3 Å². The highest BCUT2D eigenvalue weighted by Gasteiger charge is 2.39. The van der Waals surface area contributed by atoms with Crippen LogP contribution < -0.4 is 15.0 Å². The predicted octanol–water partition coefficient (Wildman–Crippen LogP) is 4.13. The van der Waals surface area contributed by atoms with Crippen LogP contribution in [-0.2, 0) is 0 Å². The lowest BCUT2D eigenvalue weighted by Gasteiger charge is -2.46. The molecular weight excluding hydrogens is 604 g/mol. The summed E-state index contributed by atoms with van der Waals surface area (Å²) in [6, 6.07) is 9.67. The van der Waals surface area contributed by atoms with Crippen LogP contribution in [-0.4, -0.2) is 110 Å². The summed E-state index contributed by atoms with van der Waals surface area (Å²) >= 11 is 6.37. The lowest BCUT2D eigenvalue weighted by atomic mass is 9.86. The van der Waals surface area contributed by atoms with Crippen LogP contribution in [0.25, 0.3) is 27.7 Å². The van der Waals surface area contributed by atoms with Crippen LogP contribution in [0.2, 0.25) is 5.02 Å². The minimum Gasteiger partial charge on any atom is -0.492 e. The zero-order chi connectivity index (χ0) is 31.7. The van der Waals surface area contributed by atoms with E-state index in [2.05, 4.69) is 59.4 Å². The van der Waals surface area contributed by atoms with Crippen molar-refractivity contribution < 1.29 is 9.53 Å². The van der Waals surface area contributed by atoms with E-state index in [-0.39, 0.29) is 11.6 Å². The number of pyridine rings is 3. The van der Waals surface area contributed by atoms with E-state index in [1.54, 1.807) is 24.5 Å². The van der Waals surface area contributed by atoms with Crippen molar-refractivity contribution in [2.45, 2.75) is 32.2 Å². The minimum absolute atomic E-state index is 0.221. The van der Waals surface area contributed by atoms with Crippen molar-refractivity contribution in [3.8, 4) is 16.9 Å². The summed E-state index contributed by atoms with van der Waals surface area (Å²) in [6.07, 6.45) is 8.78. The van der Waals surface area contributed by atoms with Gasteiger partial charge in [-0.1, -0.05) is 18.5 Å². The SMILES string of the molecule is CCOc1cc(-c2ccc(N3CCC(CN4CCN(CC)CC4)(NC(=O)c4ncccc4Cl)CC3)nc2)c2c3cn[nH]c3nn2c1. The van der Waals surface area contributed by atoms with Crippen molar-refractivity contribution in [2.75, 3.05) is 63.9 Å². The number of nitrogens with one attached hydrogen (secondary N) is 2. The Morgan fingerprint density at radius 3 is 2.57 bits per heavy atom. The third kappa shape index (κ3) is 6.00. The number of H-pyrrole nitrogens is 1. The van der Waals surface area contributed by atoms with Crippen molar-refractivity contribution in [3.05, 3.63) is 65.8 Å². The molecule has 2 saturated heterocycles. The van der Waals surface area contributed by atoms with Crippen LogP contribution in [0.15, 0.2) is 55.1 Å². The molecule has 2 fully saturated rings. The van der Waals surface area contributed by atoms with Gasteiger partial charge < -0.3 is 19.9 Å². The first kappa shape index (κ1) is 30.4. The van der Waals surface area contributed by atoms with Crippen molar-refractivity contribution >= 4 is 39.9 Å². The average Bonchev–Trinajstić information content (AvgIpc) is 3.67. The summed E-state index contributed by atoms with van der Waals surface area (Å²) in [6.45, 7) is 12.2. The van der Waals surface area contributed by atoms with Gasteiger partial charge in [-0.3, -0.25) is 14.8 Å². The van der Waals surface area contributed by atoms with Crippen LogP contribution >= 0.6 is 11.6 Å². The molecule has 0 bridgehead atoms. The number of hydrogen-bond donors (Lipinski definition) is 2. The number of aromatic amines is 1. The molecule has 5 aromatic rings. The number of piperazine rings is 1. The Balaban J connectivity index is 1.11. The highest BCUT2D eigenvalue weighted by molar-refractivity contribution is 6.33. The molecule has 13 heteroatoms. The molecule has 12 nitrogen and oxygen atoms in total. The molecule has 0 aromatic carbocycles. The van der Waals surface area contributed by atoms with Gasteiger partial charge in [0.25, 0.3) is 5.91 Å². The zero-order valence-corrected chi connectivity index (χ0v) is 27.0. The smallest absolute Gasteiger partial charge is 0.271 e. The van der Waals surface area contributed by atoms with E-state index in [0.29, 0.717) is 11.6 Å². The third-order valence-electron chi connectivity index (χ3n) is 9.31. The summed E-state index contributed by atoms with van der Waals surface area (Å²) in [5, 5.41) is 16.5. The highest BCUT2D eigenvalue weighted by Crippen LogP contribution is 2.34. The quantitative estimate of drug-likeness (QED) is 0.245. The monoisotopic (exact) mass is 642 g/mol. The molecule has 1 amide bonds. The van der Waals surface area contributed by atoms with E-state index in [0.717, 1.165) is 104 Å². The largest absolute Gasteiger partial charge is 0.492 e. The fraction of sp³-hybridized carbons (Fsp3) is 0.424. The van der Waals surface area contributed by atoms with E-state index in [1.807, 2.05) is 29.9 Å². The average molecular weight is 643 g/mol. The lowest BCUT2D eigenvalue weighted by Crippen LogP contribution is -2.62. The number of hydrogen-bond acceptors (Lipinski definition) is 9. The summed E-state index contributed by atoms with van der Waals surface area (Å²) in [4.78, 5) is 29.9. The molecule has 0 unspecified atom stereocenters. The van der Waals surface area contributed by atoms with Gasteiger partial charge in [0.1, 0.15) is 17.3 Å². The normalized spacial score (nSPS) is 17.5. The van der Waals surface area contributed by atoms with Crippen molar-refractivity contribution in [1.29, 1.82) is 0 Å². The maximum atomic E-state index is 13.5. The first-order chi connectivity index (χ1) is 22.4. The van der Waals surface area contributed by atoms with E-state index < -0.39 is 5.54 Å². The Hall–Kier alpha value is -4.26. The number of fused-ring (bicyclic) bond motifs is 3. The number of nitrogens with zero attached hydrogens (tertiary/aromatic N) is 8. The Morgan fingerprint density at radius 1 is 1.04 bits per heavy atom. The molecule has 0 spiro atoms. The minimum atomic E-state index is -0.397. The standard InChI is InChI=1S/C33H39ClN10O2/c1-3-41-14-16-42(17-15-41)22-33(38-32(45)29-27(34)6-5-11-35-29)9-12-43(13-10-33)28-8-7-23(19-36-28)25-18-24(46-4-2)21-44-30(25)26-20-37-39-31(26)40-44/h5-8,11,18-21H,3-4,9-10,12-17,22H2,1-2H3,(H,38,45)(H,39,40). The van der Waals surface area contributed by atoms with Crippen LogP contribution in [0.3, 0.4) is 0 Å². The predicted molar refractivity (Wildman–Crippen MR) is 179 cm³/mol. The summed E-state index contributed by atoms with van der Waals surface area (Å²) in [5.74, 6) is 1.43. The summed E-state index contributed by atoms with van der Waals surface area (Å²) in [5.41, 5.74) is 3.49. The zero-order valence-electron chi connectivity index (χ0n) is 26.2. The van der Waals surface area contributed by atoms with Crippen LogP contribution in [0, 0.1) is 0 Å². The molecule has 46 heavy (non-hydrogen) atoms. The second kappa shape index (κ2) is 12.9. The van der Waals surface area contributed by atoms with Gasteiger partial charge in [-0.15, -0.1) is 5.10 Å². The van der Waals surface area contributed by atoms with Crippen LogP contribution in [0.1, 0.15) is 37.2 Å². The summed E-state index contributed by atoms with van der Waals surface area (Å²) in [7, 11) is 0. The van der Waals surface area contributed by atoms with Crippen molar-refractivity contribution in [3.63, 3.8) is 0 Å². The molecule has 0 radical (unpaired) electrons. The molecule has 0 aliphatic carbocycles. The van der Waals surface area contributed by atoms with Gasteiger partial charge in [-0.2, -0.15) is 5.10 Å².